The number of nitrogens with one attached hydrogen (secondary N) is 2. The van der Waals surface area contributed by atoms with Gasteiger partial charge in [0.1, 0.15) is 5.75 Å². The van der Waals surface area contributed by atoms with Crippen molar-refractivity contribution in [3.63, 3.8) is 0 Å². The molecule has 1 amide bonds. The lowest BCUT2D eigenvalue weighted by Gasteiger charge is -2.09. The maximum Gasteiger partial charge on any atom is 0.226 e. The molecule has 0 saturated carbocycles. The smallest absolute Gasteiger partial charge is 0.226 e. The number of benzene rings is 2. The molecule has 0 atom stereocenters. The van der Waals surface area contributed by atoms with E-state index >= 15 is 0 Å². The monoisotopic (exact) mass is 338 g/mol. The van der Waals surface area contributed by atoms with Gasteiger partial charge in [0.25, 0.3) is 0 Å². The van der Waals surface area contributed by atoms with Crippen molar-refractivity contribution in [1.82, 2.24) is 0 Å². The number of rotatable bonds is 6. The van der Waals surface area contributed by atoms with Crippen molar-refractivity contribution in [2.45, 2.75) is 6.42 Å². The molecular weight excluding hydrogens is 323 g/mol. The van der Waals surface area contributed by atoms with Gasteiger partial charge in [0, 0.05) is 29.7 Å². The highest BCUT2D eigenvalue weighted by molar-refractivity contribution is 6.36. The lowest BCUT2D eigenvalue weighted by molar-refractivity contribution is -0.115. The molecule has 6 heteroatoms. The maximum atomic E-state index is 11.9. The van der Waals surface area contributed by atoms with Gasteiger partial charge in [0.05, 0.1) is 17.8 Å². The number of methoxy groups -OCH3 is 1. The van der Waals surface area contributed by atoms with Crippen LogP contribution in [0.3, 0.4) is 0 Å². The van der Waals surface area contributed by atoms with Crippen LogP contribution >= 0.6 is 23.2 Å². The fraction of sp³-hybridized carbons (Fsp3) is 0.188. The minimum absolute atomic E-state index is 0.125. The van der Waals surface area contributed by atoms with Crippen LogP contribution in [0.15, 0.2) is 42.5 Å². The molecule has 0 aliphatic heterocycles. The molecule has 2 aromatic carbocycles. The normalized spacial score (nSPS) is 10.1. The van der Waals surface area contributed by atoms with Gasteiger partial charge in [-0.05, 0) is 30.3 Å². The van der Waals surface area contributed by atoms with Gasteiger partial charge in [-0.1, -0.05) is 29.3 Å². The van der Waals surface area contributed by atoms with E-state index in [1.54, 1.807) is 25.3 Å². The summed E-state index contributed by atoms with van der Waals surface area (Å²) in [4.78, 5) is 11.9. The summed E-state index contributed by atoms with van der Waals surface area (Å²) in [6, 6.07) is 12.5. The molecule has 0 radical (unpaired) electrons. The van der Waals surface area contributed by atoms with Crippen LogP contribution in [0.1, 0.15) is 6.42 Å². The molecule has 2 rings (SSSR count). The molecule has 0 aliphatic carbocycles. The molecule has 0 unspecified atom stereocenters. The van der Waals surface area contributed by atoms with Gasteiger partial charge in [0.15, 0.2) is 0 Å². The average Bonchev–Trinajstić information content (AvgIpc) is 2.50. The van der Waals surface area contributed by atoms with Crippen LogP contribution in [0.5, 0.6) is 5.75 Å². The molecule has 0 fully saturated rings. The molecule has 22 heavy (non-hydrogen) atoms. The summed E-state index contributed by atoms with van der Waals surface area (Å²) in [5.74, 6) is 0.641. The van der Waals surface area contributed by atoms with Gasteiger partial charge in [-0.25, -0.2) is 0 Å². The van der Waals surface area contributed by atoms with Crippen LogP contribution < -0.4 is 15.4 Å². The zero-order valence-electron chi connectivity index (χ0n) is 12.0. The summed E-state index contributed by atoms with van der Waals surface area (Å²) in [5.41, 5.74) is 1.45. The number of carbonyl (C=O) groups is 1. The Morgan fingerprint density at radius 1 is 1.18 bits per heavy atom. The number of halogens is 2. The zero-order chi connectivity index (χ0) is 15.9. The molecule has 0 aliphatic rings. The van der Waals surface area contributed by atoms with E-state index in [9.17, 15) is 4.79 Å². The predicted octanol–water partition coefficient (Wildman–Crippen LogP) is 4.44. The van der Waals surface area contributed by atoms with Gasteiger partial charge >= 0.3 is 0 Å². The lowest BCUT2D eigenvalue weighted by Crippen LogP contribution is -2.16. The van der Waals surface area contributed by atoms with Crippen LogP contribution in [-0.2, 0) is 4.79 Å². The number of ether oxygens (including phenoxy) is 1. The zero-order valence-corrected chi connectivity index (χ0v) is 13.5. The third kappa shape index (κ3) is 4.83. The highest BCUT2D eigenvalue weighted by Crippen LogP contribution is 2.25. The van der Waals surface area contributed by atoms with Crippen LogP contribution in [0.25, 0.3) is 0 Å². The van der Waals surface area contributed by atoms with Crippen molar-refractivity contribution in [3.05, 3.63) is 52.5 Å². The van der Waals surface area contributed by atoms with E-state index in [4.69, 9.17) is 27.9 Å². The summed E-state index contributed by atoms with van der Waals surface area (Å²) in [6.45, 7) is 0.504. The third-order valence-electron chi connectivity index (χ3n) is 2.96. The largest absolute Gasteiger partial charge is 0.497 e. The first-order chi connectivity index (χ1) is 10.6. The van der Waals surface area contributed by atoms with Crippen LogP contribution in [0, 0.1) is 0 Å². The Morgan fingerprint density at radius 2 is 2.00 bits per heavy atom. The molecule has 116 valence electrons. The Labute approximate surface area is 139 Å². The summed E-state index contributed by atoms with van der Waals surface area (Å²) < 4.78 is 5.14. The molecular formula is C16H16Cl2N2O2. The average molecular weight is 339 g/mol. The second-order valence-corrected chi connectivity index (χ2v) is 5.42. The predicted molar refractivity (Wildman–Crippen MR) is 91.2 cm³/mol. The molecule has 2 aromatic rings. The number of hydrogen-bond donors (Lipinski definition) is 2. The molecule has 0 heterocycles. The van der Waals surface area contributed by atoms with Gasteiger partial charge in [0.2, 0.25) is 5.91 Å². The summed E-state index contributed by atoms with van der Waals surface area (Å²) in [6.07, 6.45) is 0.316. The Morgan fingerprint density at radius 3 is 2.73 bits per heavy atom. The van der Waals surface area contributed by atoms with E-state index in [0.717, 1.165) is 11.4 Å². The van der Waals surface area contributed by atoms with Gasteiger partial charge in [-0.2, -0.15) is 0 Å². The number of anilines is 2. The molecule has 2 N–H and O–H groups in total. The molecule has 0 bridgehead atoms. The number of hydrogen-bond acceptors (Lipinski definition) is 3. The van der Waals surface area contributed by atoms with Gasteiger partial charge < -0.3 is 15.4 Å². The Balaban J connectivity index is 1.82. The minimum Gasteiger partial charge on any atom is -0.497 e. The standard InChI is InChI=1S/C16H16Cl2N2O2/c1-22-13-4-2-3-12(10-13)19-8-7-16(21)20-15-6-5-11(17)9-14(15)18/h2-6,9-10,19H,7-8H2,1H3,(H,20,21). The van der Waals surface area contributed by atoms with Gasteiger partial charge in [-0.15, -0.1) is 0 Å². The SMILES string of the molecule is COc1cccc(NCCC(=O)Nc2ccc(Cl)cc2Cl)c1. The van der Waals surface area contributed by atoms with Crippen molar-refractivity contribution in [3.8, 4) is 5.75 Å². The van der Waals surface area contributed by atoms with E-state index in [-0.39, 0.29) is 5.91 Å². The van der Waals surface area contributed by atoms with Crippen LogP contribution in [0.2, 0.25) is 10.0 Å². The second kappa shape index (κ2) is 7.92. The van der Waals surface area contributed by atoms with E-state index < -0.39 is 0 Å². The van der Waals surface area contributed by atoms with Crippen molar-refractivity contribution in [1.29, 1.82) is 0 Å². The first-order valence-electron chi connectivity index (χ1n) is 6.71. The second-order valence-electron chi connectivity index (χ2n) is 4.58. The highest BCUT2D eigenvalue weighted by Gasteiger charge is 2.06. The minimum atomic E-state index is -0.125. The Hall–Kier alpha value is -1.91. The first-order valence-corrected chi connectivity index (χ1v) is 7.47. The lowest BCUT2D eigenvalue weighted by atomic mass is 10.2. The fourth-order valence-corrected chi connectivity index (χ4v) is 2.31. The van der Waals surface area contributed by atoms with Crippen molar-refractivity contribution in [2.75, 3.05) is 24.3 Å². The van der Waals surface area contributed by atoms with Crippen LogP contribution in [-0.4, -0.2) is 19.6 Å². The van der Waals surface area contributed by atoms with Gasteiger partial charge in [-0.3, -0.25) is 4.79 Å². The first kappa shape index (κ1) is 16.5. The molecule has 4 nitrogen and oxygen atoms in total. The third-order valence-corrected chi connectivity index (χ3v) is 3.50. The van der Waals surface area contributed by atoms with Crippen molar-refractivity contribution in [2.24, 2.45) is 0 Å². The Kier molecular flexibility index (Phi) is 5.92. The summed E-state index contributed by atoms with van der Waals surface area (Å²) in [5, 5.41) is 6.87. The molecule has 0 spiro atoms. The molecule has 0 aromatic heterocycles. The fourth-order valence-electron chi connectivity index (χ4n) is 1.86. The highest BCUT2D eigenvalue weighted by atomic mass is 35.5. The van der Waals surface area contributed by atoms with E-state index in [0.29, 0.717) is 28.7 Å². The van der Waals surface area contributed by atoms with E-state index in [1.165, 1.54) is 0 Å². The summed E-state index contributed by atoms with van der Waals surface area (Å²) in [7, 11) is 1.61. The van der Waals surface area contributed by atoms with E-state index in [2.05, 4.69) is 10.6 Å². The van der Waals surface area contributed by atoms with Crippen molar-refractivity contribution < 1.29 is 9.53 Å². The number of carbonyl (C=O) groups excluding carboxylic acids is 1. The Bertz CT molecular complexity index is 662. The summed E-state index contributed by atoms with van der Waals surface area (Å²) >= 11 is 11.8. The van der Waals surface area contributed by atoms with Crippen molar-refractivity contribution >= 4 is 40.5 Å². The van der Waals surface area contributed by atoms with Crippen LogP contribution in [0.4, 0.5) is 11.4 Å². The van der Waals surface area contributed by atoms with E-state index in [1.807, 2.05) is 24.3 Å². The topological polar surface area (TPSA) is 50.4 Å². The number of amides is 1. The molecule has 0 saturated heterocycles. The maximum absolute atomic E-state index is 11.9. The quantitative estimate of drug-likeness (QED) is 0.818.